The van der Waals surface area contributed by atoms with E-state index in [1.165, 1.54) is 5.69 Å². The molecule has 7 heteroatoms. The van der Waals surface area contributed by atoms with Crippen LogP contribution in [-0.4, -0.2) is 32.8 Å². The quantitative estimate of drug-likeness (QED) is 0.921. The van der Waals surface area contributed by atoms with Crippen molar-refractivity contribution in [2.45, 2.75) is 18.8 Å². The molecule has 2 aromatic rings. The summed E-state index contributed by atoms with van der Waals surface area (Å²) in [6.45, 7) is 2.15. The van der Waals surface area contributed by atoms with Gasteiger partial charge in [0, 0.05) is 24.5 Å². The molecule has 2 aromatic heterocycles. The fourth-order valence-electron chi connectivity index (χ4n) is 2.31. The summed E-state index contributed by atoms with van der Waals surface area (Å²) in [6, 6.07) is 3.89. The van der Waals surface area contributed by atoms with Crippen LogP contribution in [0.2, 0.25) is 0 Å². The van der Waals surface area contributed by atoms with E-state index in [2.05, 4.69) is 26.4 Å². The van der Waals surface area contributed by atoms with Crippen molar-refractivity contribution < 1.29 is 0 Å². The molecular weight excluding hydrogens is 285 g/mol. The predicted octanol–water partition coefficient (Wildman–Crippen LogP) is 1.97. The number of rotatable bonds is 2. The first kappa shape index (κ1) is 15.9. The Balaban J connectivity index is 0.000000902. The average molecular weight is 302 g/mol. The molecule has 0 amide bonds. The van der Waals surface area contributed by atoms with E-state index in [0.717, 1.165) is 25.9 Å². The van der Waals surface area contributed by atoms with Crippen molar-refractivity contribution in [1.29, 1.82) is 0 Å². The van der Waals surface area contributed by atoms with Crippen LogP contribution in [0.5, 0.6) is 0 Å². The highest BCUT2D eigenvalue weighted by atomic mass is 35.5. The van der Waals surface area contributed by atoms with Gasteiger partial charge in [0.2, 0.25) is 0 Å². The van der Waals surface area contributed by atoms with Crippen molar-refractivity contribution in [3.05, 3.63) is 36.4 Å². The zero-order valence-corrected chi connectivity index (χ0v) is 12.0. The van der Waals surface area contributed by atoms with Crippen molar-refractivity contribution in [3.63, 3.8) is 0 Å². The Kier molecular flexibility index (Phi) is 6.21. The van der Waals surface area contributed by atoms with E-state index in [0.29, 0.717) is 11.9 Å². The molecule has 19 heavy (non-hydrogen) atoms. The summed E-state index contributed by atoms with van der Waals surface area (Å²) in [5.74, 6) is 1.22. The minimum atomic E-state index is 0. The summed E-state index contributed by atoms with van der Waals surface area (Å²) in [4.78, 5) is 8.50. The zero-order valence-electron chi connectivity index (χ0n) is 10.4. The van der Waals surface area contributed by atoms with Gasteiger partial charge in [-0.2, -0.15) is 5.10 Å². The van der Waals surface area contributed by atoms with Gasteiger partial charge >= 0.3 is 0 Å². The average Bonchev–Trinajstić information content (AvgIpc) is 2.90. The van der Waals surface area contributed by atoms with E-state index in [1.807, 2.05) is 16.9 Å². The van der Waals surface area contributed by atoms with Crippen molar-refractivity contribution in [3.8, 4) is 5.95 Å². The van der Waals surface area contributed by atoms with Crippen molar-refractivity contribution in [1.82, 2.24) is 25.1 Å². The molecule has 1 N–H and O–H groups in total. The number of piperidine rings is 1. The van der Waals surface area contributed by atoms with Crippen LogP contribution in [0.15, 0.2) is 30.7 Å². The molecule has 0 unspecified atom stereocenters. The van der Waals surface area contributed by atoms with E-state index in [-0.39, 0.29) is 24.8 Å². The summed E-state index contributed by atoms with van der Waals surface area (Å²) in [5, 5.41) is 7.71. The SMILES string of the molecule is Cl.Cl.c1cnc(-n2nccc2C2CCNCC2)nc1. The molecule has 3 rings (SSSR count). The normalized spacial score (nSPS) is 15.4. The van der Waals surface area contributed by atoms with Crippen LogP contribution < -0.4 is 5.32 Å². The van der Waals surface area contributed by atoms with Gasteiger partial charge in [-0.15, -0.1) is 24.8 Å². The Morgan fingerprint density at radius 2 is 1.74 bits per heavy atom. The Labute approximate surface area is 124 Å². The third-order valence-electron chi connectivity index (χ3n) is 3.17. The molecule has 0 aromatic carbocycles. The summed E-state index contributed by atoms with van der Waals surface area (Å²) in [5.41, 5.74) is 1.22. The maximum Gasteiger partial charge on any atom is 0.250 e. The smallest absolute Gasteiger partial charge is 0.250 e. The first-order valence-corrected chi connectivity index (χ1v) is 5.97. The number of halogens is 2. The molecule has 0 atom stereocenters. The van der Waals surface area contributed by atoms with Crippen LogP contribution in [0.3, 0.4) is 0 Å². The lowest BCUT2D eigenvalue weighted by Gasteiger charge is -2.22. The number of aromatic nitrogens is 4. The Morgan fingerprint density at radius 3 is 2.42 bits per heavy atom. The standard InChI is InChI=1S/C12H15N5.2ClH/c1-5-14-12(15-6-1)17-11(4-9-16-17)10-2-7-13-8-3-10;;/h1,4-6,9-10,13H,2-3,7-8H2;2*1H. The predicted molar refractivity (Wildman–Crippen MR) is 78.5 cm³/mol. The molecule has 0 aliphatic carbocycles. The molecular formula is C12H17Cl2N5. The third-order valence-corrected chi connectivity index (χ3v) is 3.17. The summed E-state index contributed by atoms with van der Waals surface area (Å²) < 4.78 is 1.86. The molecule has 1 fully saturated rings. The summed E-state index contributed by atoms with van der Waals surface area (Å²) >= 11 is 0. The van der Waals surface area contributed by atoms with Crippen molar-refractivity contribution in [2.24, 2.45) is 0 Å². The van der Waals surface area contributed by atoms with E-state index >= 15 is 0 Å². The van der Waals surface area contributed by atoms with Gasteiger partial charge in [-0.3, -0.25) is 0 Å². The summed E-state index contributed by atoms with van der Waals surface area (Å²) in [6.07, 6.45) is 7.62. The van der Waals surface area contributed by atoms with E-state index in [4.69, 9.17) is 0 Å². The fraction of sp³-hybridized carbons (Fsp3) is 0.417. The van der Waals surface area contributed by atoms with E-state index < -0.39 is 0 Å². The Hall–Kier alpha value is -1.17. The minimum Gasteiger partial charge on any atom is -0.317 e. The third kappa shape index (κ3) is 3.43. The van der Waals surface area contributed by atoms with Gasteiger partial charge in [-0.05, 0) is 38.1 Å². The van der Waals surface area contributed by atoms with Crippen LogP contribution in [0.4, 0.5) is 0 Å². The number of hydrogen-bond acceptors (Lipinski definition) is 4. The van der Waals surface area contributed by atoms with E-state index in [9.17, 15) is 0 Å². The highest BCUT2D eigenvalue weighted by molar-refractivity contribution is 5.85. The molecule has 1 saturated heterocycles. The highest BCUT2D eigenvalue weighted by Crippen LogP contribution is 2.25. The topological polar surface area (TPSA) is 55.6 Å². The van der Waals surface area contributed by atoms with Crippen molar-refractivity contribution >= 4 is 24.8 Å². The van der Waals surface area contributed by atoms with Crippen molar-refractivity contribution in [2.75, 3.05) is 13.1 Å². The Morgan fingerprint density at radius 1 is 1.05 bits per heavy atom. The first-order chi connectivity index (χ1) is 8.45. The van der Waals surface area contributed by atoms with Crippen LogP contribution in [0.1, 0.15) is 24.5 Å². The maximum atomic E-state index is 4.33. The van der Waals surface area contributed by atoms with Gasteiger partial charge in [-0.25, -0.2) is 14.6 Å². The lowest BCUT2D eigenvalue weighted by molar-refractivity contribution is 0.444. The molecule has 1 aliphatic rings. The second-order valence-electron chi connectivity index (χ2n) is 4.24. The van der Waals surface area contributed by atoms with Gasteiger partial charge in [0.05, 0.1) is 5.69 Å². The molecule has 0 bridgehead atoms. The van der Waals surface area contributed by atoms with E-state index in [1.54, 1.807) is 12.4 Å². The maximum absolute atomic E-state index is 4.33. The molecule has 104 valence electrons. The van der Waals surface area contributed by atoms with Crippen LogP contribution >= 0.6 is 24.8 Å². The molecule has 3 heterocycles. The molecule has 0 radical (unpaired) electrons. The van der Waals surface area contributed by atoms with Crippen LogP contribution in [0, 0.1) is 0 Å². The van der Waals surface area contributed by atoms with Crippen LogP contribution in [0.25, 0.3) is 5.95 Å². The second-order valence-corrected chi connectivity index (χ2v) is 4.24. The molecule has 1 aliphatic heterocycles. The number of nitrogens with zero attached hydrogens (tertiary/aromatic N) is 4. The minimum absolute atomic E-state index is 0. The van der Waals surface area contributed by atoms with Gasteiger partial charge in [0.1, 0.15) is 0 Å². The highest BCUT2D eigenvalue weighted by Gasteiger charge is 2.20. The Bertz CT molecular complexity index is 482. The first-order valence-electron chi connectivity index (χ1n) is 5.97. The summed E-state index contributed by atoms with van der Waals surface area (Å²) in [7, 11) is 0. The lowest BCUT2D eigenvalue weighted by atomic mass is 9.95. The van der Waals surface area contributed by atoms with Crippen LogP contribution in [-0.2, 0) is 0 Å². The lowest BCUT2D eigenvalue weighted by Crippen LogP contribution is -2.27. The molecule has 5 nitrogen and oxygen atoms in total. The fourth-order valence-corrected chi connectivity index (χ4v) is 2.31. The van der Waals surface area contributed by atoms with Gasteiger partial charge < -0.3 is 5.32 Å². The zero-order chi connectivity index (χ0) is 11.5. The van der Waals surface area contributed by atoms with Gasteiger partial charge in [0.15, 0.2) is 0 Å². The second kappa shape index (κ2) is 7.43. The van der Waals surface area contributed by atoms with Gasteiger partial charge in [-0.1, -0.05) is 0 Å². The largest absolute Gasteiger partial charge is 0.317 e. The molecule has 0 spiro atoms. The van der Waals surface area contributed by atoms with Gasteiger partial charge in [0.25, 0.3) is 5.95 Å². The number of hydrogen-bond donors (Lipinski definition) is 1. The number of nitrogens with one attached hydrogen (secondary N) is 1. The monoisotopic (exact) mass is 301 g/mol. The molecule has 0 saturated carbocycles.